The van der Waals surface area contributed by atoms with Gasteiger partial charge in [0, 0.05) is 30.6 Å². The molecule has 1 aromatic carbocycles. The minimum atomic E-state index is -3.48. The minimum absolute atomic E-state index is 0.0158. The maximum Gasteiger partial charge on any atom is 0.263 e. The molecule has 0 atom stereocenters. The van der Waals surface area contributed by atoms with Crippen LogP contribution in [0.3, 0.4) is 0 Å². The summed E-state index contributed by atoms with van der Waals surface area (Å²) in [4.78, 5) is 16.6. The van der Waals surface area contributed by atoms with E-state index in [1.54, 1.807) is 24.3 Å². The molecule has 2 aromatic rings. The number of hydrogen-bond acceptors (Lipinski definition) is 5. The molecule has 1 aliphatic heterocycles. The zero-order valence-electron chi connectivity index (χ0n) is 16.1. The van der Waals surface area contributed by atoms with Crippen LogP contribution in [0.1, 0.15) is 48.3 Å². The van der Waals surface area contributed by atoms with Gasteiger partial charge in [-0.2, -0.15) is 0 Å². The Morgan fingerprint density at radius 1 is 1.18 bits per heavy atom. The monoisotopic (exact) mass is 403 g/mol. The number of fused-ring (bicyclic) bond motifs is 1. The van der Waals surface area contributed by atoms with E-state index in [0.29, 0.717) is 30.9 Å². The summed E-state index contributed by atoms with van der Waals surface area (Å²) >= 11 is 0. The Balaban J connectivity index is 1.37. The highest BCUT2D eigenvalue weighted by Crippen LogP contribution is 2.22. The molecule has 0 aliphatic carbocycles. The summed E-state index contributed by atoms with van der Waals surface area (Å²) in [6.07, 6.45) is 2.87. The molecule has 0 radical (unpaired) electrons. The van der Waals surface area contributed by atoms with E-state index in [2.05, 4.69) is 15.0 Å². The lowest BCUT2D eigenvalue weighted by Crippen LogP contribution is -2.22. The van der Waals surface area contributed by atoms with Gasteiger partial charge in [0.15, 0.2) is 0 Å². The van der Waals surface area contributed by atoms with E-state index < -0.39 is 10.0 Å². The van der Waals surface area contributed by atoms with E-state index in [0.717, 1.165) is 36.3 Å². The van der Waals surface area contributed by atoms with E-state index >= 15 is 0 Å². The molecule has 28 heavy (non-hydrogen) atoms. The van der Waals surface area contributed by atoms with Crippen LogP contribution in [0.4, 0.5) is 0 Å². The Bertz CT molecular complexity index is 993. The van der Waals surface area contributed by atoms with Gasteiger partial charge < -0.3 is 9.73 Å². The average molecular weight is 404 g/mol. The van der Waals surface area contributed by atoms with Gasteiger partial charge in [-0.15, -0.1) is 0 Å². The van der Waals surface area contributed by atoms with Crippen molar-refractivity contribution in [3.05, 3.63) is 53.0 Å². The Morgan fingerprint density at radius 3 is 2.71 bits per heavy atom. The maximum atomic E-state index is 12.0. The molecular weight excluding hydrogens is 378 g/mol. The van der Waals surface area contributed by atoms with Crippen molar-refractivity contribution in [3.63, 3.8) is 0 Å². The third-order valence-corrected chi connectivity index (χ3v) is 6.01. The summed E-state index contributed by atoms with van der Waals surface area (Å²) in [7, 11) is -3.48. The number of nitrogens with zero attached hydrogens (tertiary/aromatic N) is 1. The fourth-order valence-electron chi connectivity index (χ4n) is 3.16. The van der Waals surface area contributed by atoms with Crippen LogP contribution in [0.15, 0.2) is 44.6 Å². The quantitative estimate of drug-likeness (QED) is 0.662. The normalized spacial score (nSPS) is 16.0. The van der Waals surface area contributed by atoms with Gasteiger partial charge in [-0.25, -0.2) is 8.42 Å². The SMILES string of the molecule is Cc1cc(CNC(=O)CCCCCN=C2NS(=O)(=O)c3ccccc32)c(C)o1. The summed E-state index contributed by atoms with van der Waals surface area (Å²) in [5, 5.41) is 2.91. The molecule has 7 nitrogen and oxygen atoms in total. The zero-order chi connectivity index (χ0) is 20.1. The van der Waals surface area contributed by atoms with Crippen molar-refractivity contribution < 1.29 is 17.6 Å². The lowest BCUT2D eigenvalue weighted by Gasteiger charge is -2.04. The van der Waals surface area contributed by atoms with E-state index in [-0.39, 0.29) is 10.8 Å². The van der Waals surface area contributed by atoms with Gasteiger partial charge in [0.25, 0.3) is 10.0 Å². The largest absolute Gasteiger partial charge is 0.466 e. The third-order valence-electron chi connectivity index (χ3n) is 4.61. The van der Waals surface area contributed by atoms with Crippen LogP contribution in [0.2, 0.25) is 0 Å². The minimum Gasteiger partial charge on any atom is -0.466 e. The first-order valence-electron chi connectivity index (χ1n) is 9.36. The molecule has 1 aliphatic rings. The average Bonchev–Trinajstić information content (AvgIpc) is 3.11. The van der Waals surface area contributed by atoms with Crippen LogP contribution < -0.4 is 10.0 Å². The Hall–Kier alpha value is -2.61. The van der Waals surface area contributed by atoms with E-state index in [1.165, 1.54) is 0 Å². The lowest BCUT2D eigenvalue weighted by atomic mass is 10.1. The van der Waals surface area contributed by atoms with E-state index in [1.807, 2.05) is 19.9 Å². The lowest BCUT2D eigenvalue weighted by molar-refractivity contribution is -0.121. The van der Waals surface area contributed by atoms with Crippen LogP contribution in [-0.4, -0.2) is 26.7 Å². The van der Waals surface area contributed by atoms with Crippen molar-refractivity contribution in [3.8, 4) is 0 Å². The van der Waals surface area contributed by atoms with Crippen molar-refractivity contribution in [2.24, 2.45) is 4.99 Å². The number of sulfonamides is 1. The number of aliphatic imine (C=N–C) groups is 1. The van der Waals surface area contributed by atoms with Gasteiger partial charge in [-0.3, -0.25) is 14.5 Å². The molecule has 1 amide bonds. The predicted molar refractivity (Wildman–Crippen MR) is 107 cm³/mol. The van der Waals surface area contributed by atoms with Gasteiger partial charge in [0.05, 0.1) is 4.90 Å². The molecule has 0 unspecified atom stereocenters. The van der Waals surface area contributed by atoms with Crippen LogP contribution in [0.25, 0.3) is 0 Å². The highest BCUT2D eigenvalue weighted by atomic mass is 32.2. The number of hydrogen-bond donors (Lipinski definition) is 2. The van der Waals surface area contributed by atoms with Gasteiger partial charge in [-0.05, 0) is 44.9 Å². The molecule has 150 valence electrons. The molecule has 0 saturated carbocycles. The first-order valence-corrected chi connectivity index (χ1v) is 10.8. The second kappa shape index (κ2) is 8.60. The summed E-state index contributed by atoms with van der Waals surface area (Å²) in [5.74, 6) is 2.10. The van der Waals surface area contributed by atoms with Crippen LogP contribution in [0, 0.1) is 13.8 Å². The molecule has 0 spiro atoms. The van der Waals surface area contributed by atoms with Gasteiger partial charge in [0.1, 0.15) is 17.4 Å². The molecule has 2 heterocycles. The second-order valence-corrected chi connectivity index (χ2v) is 8.51. The number of rotatable bonds is 8. The van der Waals surface area contributed by atoms with Crippen molar-refractivity contribution in [1.29, 1.82) is 0 Å². The Labute approximate surface area is 165 Å². The fourth-order valence-corrected chi connectivity index (χ4v) is 4.41. The fraction of sp³-hybridized carbons (Fsp3) is 0.400. The van der Waals surface area contributed by atoms with Gasteiger partial charge in [0.2, 0.25) is 5.91 Å². The smallest absolute Gasteiger partial charge is 0.263 e. The predicted octanol–water partition coefficient (Wildman–Crippen LogP) is 2.81. The van der Waals surface area contributed by atoms with Crippen molar-refractivity contribution in [2.75, 3.05) is 6.54 Å². The molecule has 8 heteroatoms. The molecule has 0 saturated heterocycles. The van der Waals surface area contributed by atoms with Crippen LogP contribution in [0.5, 0.6) is 0 Å². The number of nitrogens with one attached hydrogen (secondary N) is 2. The number of carbonyl (C=O) groups is 1. The maximum absolute atomic E-state index is 12.0. The topological polar surface area (TPSA) is 101 Å². The number of carbonyl (C=O) groups excluding carboxylic acids is 1. The highest BCUT2D eigenvalue weighted by molar-refractivity contribution is 7.90. The molecule has 0 bridgehead atoms. The molecule has 2 N–H and O–H groups in total. The summed E-state index contributed by atoms with van der Waals surface area (Å²) in [6, 6.07) is 8.75. The number of aryl methyl sites for hydroxylation is 2. The summed E-state index contributed by atoms with van der Waals surface area (Å²) in [6.45, 7) is 4.77. The second-order valence-electron chi connectivity index (χ2n) is 6.86. The zero-order valence-corrected chi connectivity index (χ0v) is 16.9. The summed E-state index contributed by atoms with van der Waals surface area (Å²) < 4.78 is 32.0. The van der Waals surface area contributed by atoms with E-state index in [9.17, 15) is 13.2 Å². The molecule has 3 rings (SSSR count). The molecular formula is C20H25N3O4S. The summed E-state index contributed by atoms with van der Waals surface area (Å²) in [5.41, 5.74) is 1.62. The number of amides is 1. The van der Waals surface area contributed by atoms with Crippen molar-refractivity contribution in [2.45, 2.75) is 51.0 Å². The van der Waals surface area contributed by atoms with Crippen molar-refractivity contribution >= 4 is 21.8 Å². The first-order chi connectivity index (χ1) is 13.4. The van der Waals surface area contributed by atoms with Gasteiger partial charge in [-0.1, -0.05) is 18.6 Å². The number of unbranched alkanes of at least 4 members (excludes halogenated alkanes) is 2. The first kappa shape index (κ1) is 20.1. The van der Waals surface area contributed by atoms with E-state index in [4.69, 9.17) is 4.42 Å². The third kappa shape index (κ3) is 4.81. The highest BCUT2D eigenvalue weighted by Gasteiger charge is 2.29. The molecule has 0 fully saturated rings. The number of furan rings is 1. The van der Waals surface area contributed by atoms with Crippen LogP contribution in [-0.2, 0) is 21.4 Å². The standard InChI is InChI=1S/C20H25N3O4S/c1-14-12-16(15(2)27-14)13-22-19(24)10-4-3-7-11-21-20-17-8-5-6-9-18(17)28(25,26)23-20/h5-6,8-9,12H,3-4,7,10-11,13H2,1-2H3,(H,21,23)(H,22,24). The number of amidine groups is 1. The Morgan fingerprint density at radius 2 is 1.96 bits per heavy atom. The molecule has 1 aromatic heterocycles. The van der Waals surface area contributed by atoms with Gasteiger partial charge >= 0.3 is 0 Å². The van der Waals surface area contributed by atoms with Crippen molar-refractivity contribution in [1.82, 2.24) is 10.0 Å². The number of benzene rings is 1. The van der Waals surface area contributed by atoms with Crippen LogP contribution >= 0.6 is 0 Å². The Kier molecular flexibility index (Phi) is 6.18.